The van der Waals surface area contributed by atoms with E-state index in [0.717, 1.165) is 0 Å². The zero-order chi connectivity index (χ0) is 14.2. The summed E-state index contributed by atoms with van der Waals surface area (Å²) in [6.07, 6.45) is 1.89. The van der Waals surface area contributed by atoms with E-state index in [1.54, 1.807) is 0 Å². The monoisotopic (exact) mass is 287 g/mol. The summed E-state index contributed by atoms with van der Waals surface area (Å²) in [5, 5.41) is 2.76. The first-order valence-electron chi connectivity index (χ1n) is 7.04. The summed E-state index contributed by atoms with van der Waals surface area (Å²) in [6.45, 7) is 3.83. The molecule has 4 aromatic rings. The van der Waals surface area contributed by atoms with Crippen LogP contribution in [0.2, 0.25) is 0 Å². The highest BCUT2D eigenvalue weighted by molar-refractivity contribution is 7.50. The SMILES string of the molecule is C=Cc1ccc(-[s+]2c3ccccc3c3ccccc32)cc1. The Morgan fingerprint density at radius 2 is 1.19 bits per heavy atom. The third-order valence-corrected chi connectivity index (χ3v) is 6.19. The second-order valence-electron chi connectivity index (χ2n) is 5.07. The summed E-state index contributed by atoms with van der Waals surface area (Å²) < 4.78 is 2.87. The molecule has 0 fully saturated rings. The molecule has 4 rings (SSSR count). The predicted octanol–water partition coefficient (Wildman–Crippen LogP) is 6.37. The van der Waals surface area contributed by atoms with Crippen molar-refractivity contribution in [3.05, 3.63) is 84.9 Å². The fourth-order valence-electron chi connectivity index (χ4n) is 2.85. The number of rotatable bonds is 2. The Hall–Kier alpha value is -2.38. The maximum atomic E-state index is 3.83. The van der Waals surface area contributed by atoms with E-state index in [0.29, 0.717) is 0 Å². The van der Waals surface area contributed by atoms with Crippen molar-refractivity contribution >= 4 is 36.7 Å². The van der Waals surface area contributed by atoms with Crippen molar-refractivity contribution in [1.29, 1.82) is 0 Å². The molecule has 100 valence electrons. The molecule has 0 radical (unpaired) electrons. The number of hydrogen-bond acceptors (Lipinski definition) is 0. The van der Waals surface area contributed by atoms with Crippen LogP contribution in [0, 0.1) is 0 Å². The predicted molar refractivity (Wildman–Crippen MR) is 95.4 cm³/mol. The molecule has 0 unspecified atom stereocenters. The van der Waals surface area contributed by atoms with Crippen LogP contribution in [0.5, 0.6) is 0 Å². The van der Waals surface area contributed by atoms with Crippen LogP contribution in [0.15, 0.2) is 79.4 Å². The Balaban J connectivity index is 2.11. The lowest BCUT2D eigenvalue weighted by molar-refractivity contribution is 1.70. The van der Waals surface area contributed by atoms with Gasteiger partial charge in [-0.15, -0.1) is 0 Å². The van der Waals surface area contributed by atoms with E-state index < -0.39 is 0 Å². The highest BCUT2D eigenvalue weighted by atomic mass is 32.2. The Morgan fingerprint density at radius 3 is 1.71 bits per heavy atom. The van der Waals surface area contributed by atoms with Gasteiger partial charge in [-0.25, -0.2) is 0 Å². The Kier molecular flexibility index (Phi) is 2.87. The van der Waals surface area contributed by atoms with Crippen LogP contribution in [0.3, 0.4) is 0 Å². The zero-order valence-electron chi connectivity index (χ0n) is 11.6. The van der Waals surface area contributed by atoms with Crippen molar-refractivity contribution in [3.8, 4) is 4.90 Å². The second kappa shape index (κ2) is 4.87. The highest BCUT2D eigenvalue weighted by Gasteiger charge is 2.22. The maximum Gasteiger partial charge on any atom is 0.187 e. The van der Waals surface area contributed by atoms with Gasteiger partial charge in [0.2, 0.25) is 0 Å². The average molecular weight is 287 g/mol. The van der Waals surface area contributed by atoms with E-state index in [9.17, 15) is 0 Å². The van der Waals surface area contributed by atoms with E-state index in [4.69, 9.17) is 0 Å². The minimum atomic E-state index is 0.0149. The van der Waals surface area contributed by atoms with Gasteiger partial charge < -0.3 is 0 Å². The van der Waals surface area contributed by atoms with Gasteiger partial charge >= 0.3 is 0 Å². The first-order valence-corrected chi connectivity index (χ1v) is 8.26. The molecule has 0 nitrogen and oxygen atoms in total. The Morgan fingerprint density at radius 1 is 0.667 bits per heavy atom. The van der Waals surface area contributed by atoms with Crippen LogP contribution >= 0.6 is 10.5 Å². The van der Waals surface area contributed by atoms with Crippen LogP contribution < -0.4 is 0 Å². The van der Waals surface area contributed by atoms with Crippen molar-refractivity contribution in [1.82, 2.24) is 0 Å². The molecule has 21 heavy (non-hydrogen) atoms. The van der Waals surface area contributed by atoms with Crippen molar-refractivity contribution < 1.29 is 0 Å². The normalized spacial score (nSPS) is 11.0. The van der Waals surface area contributed by atoms with E-state index in [1.165, 1.54) is 30.6 Å². The zero-order valence-corrected chi connectivity index (χ0v) is 12.4. The molecule has 0 N–H and O–H groups in total. The quantitative estimate of drug-likeness (QED) is 0.375. The molecule has 0 aliphatic carbocycles. The summed E-state index contributed by atoms with van der Waals surface area (Å²) in [5.41, 5.74) is 1.17. The van der Waals surface area contributed by atoms with Crippen molar-refractivity contribution in [3.63, 3.8) is 0 Å². The third kappa shape index (κ3) is 1.90. The lowest BCUT2D eigenvalue weighted by Gasteiger charge is -1.95. The van der Waals surface area contributed by atoms with Crippen LogP contribution in [0.1, 0.15) is 5.56 Å². The maximum absolute atomic E-state index is 3.83. The summed E-state index contributed by atoms with van der Waals surface area (Å²) in [6, 6.07) is 26.3. The Bertz CT molecular complexity index is 889. The van der Waals surface area contributed by atoms with Gasteiger partial charge in [0.1, 0.15) is 0 Å². The minimum Gasteiger partial charge on any atom is -0.0985 e. The van der Waals surface area contributed by atoms with Gasteiger partial charge in [0.05, 0.1) is 0 Å². The molecule has 0 saturated heterocycles. The van der Waals surface area contributed by atoms with E-state index in [1.807, 2.05) is 6.08 Å². The van der Waals surface area contributed by atoms with Gasteiger partial charge in [-0.05, 0) is 54.1 Å². The van der Waals surface area contributed by atoms with E-state index >= 15 is 0 Å². The highest BCUT2D eigenvalue weighted by Crippen LogP contribution is 2.47. The van der Waals surface area contributed by atoms with Crippen molar-refractivity contribution in [2.75, 3.05) is 0 Å². The van der Waals surface area contributed by atoms with Gasteiger partial charge in [0.15, 0.2) is 14.3 Å². The molecular formula is C20H15S+. The Labute approximate surface area is 127 Å². The van der Waals surface area contributed by atoms with Gasteiger partial charge in [-0.2, -0.15) is 0 Å². The van der Waals surface area contributed by atoms with Gasteiger partial charge in [0.25, 0.3) is 0 Å². The molecule has 3 aromatic carbocycles. The molecule has 0 aliphatic rings. The second-order valence-corrected chi connectivity index (χ2v) is 7.04. The molecule has 1 heterocycles. The molecule has 0 atom stereocenters. The summed E-state index contributed by atoms with van der Waals surface area (Å²) in [4.78, 5) is 1.37. The summed E-state index contributed by atoms with van der Waals surface area (Å²) >= 11 is 0. The van der Waals surface area contributed by atoms with Crippen LogP contribution in [-0.2, 0) is 0 Å². The summed E-state index contributed by atoms with van der Waals surface area (Å²) in [7, 11) is 0.0149. The summed E-state index contributed by atoms with van der Waals surface area (Å²) in [5.74, 6) is 0. The van der Waals surface area contributed by atoms with E-state index in [2.05, 4.69) is 79.4 Å². The fourth-order valence-corrected chi connectivity index (χ4v) is 5.22. The largest absolute Gasteiger partial charge is 0.187 e. The average Bonchev–Trinajstić information content (AvgIpc) is 2.90. The number of thiophene rings is 1. The van der Waals surface area contributed by atoms with Crippen molar-refractivity contribution in [2.45, 2.75) is 0 Å². The number of fused-ring (bicyclic) bond motifs is 3. The van der Waals surface area contributed by atoms with Crippen LogP contribution in [0.25, 0.3) is 31.1 Å². The molecule has 1 aromatic heterocycles. The molecule has 0 bridgehead atoms. The lowest BCUT2D eigenvalue weighted by atomic mass is 10.2. The molecule has 0 amide bonds. The molecule has 0 aliphatic heterocycles. The van der Waals surface area contributed by atoms with E-state index in [-0.39, 0.29) is 10.5 Å². The van der Waals surface area contributed by atoms with Crippen molar-refractivity contribution in [2.24, 2.45) is 0 Å². The lowest BCUT2D eigenvalue weighted by Crippen LogP contribution is -1.73. The molecule has 1 heteroatoms. The minimum absolute atomic E-state index is 0.0149. The first-order chi connectivity index (χ1) is 10.4. The van der Waals surface area contributed by atoms with Crippen LogP contribution in [0.4, 0.5) is 0 Å². The third-order valence-electron chi connectivity index (χ3n) is 3.86. The smallest absolute Gasteiger partial charge is 0.0985 e. The molecule has 0 saturated carbocycles. The van der Waals surface area contributed by atoms with Gasteiger partial charge in [0, 0.05) is 21.2 Å². The van der Waals surface area contributed by atoms with Gasteiger partial charge in [-0.3, -0.25) is 0 Å². The molecule has 0 spiro atoms. The topological polar surface area (TPSA) is 0 Å². The standard InChI is InChI=1S/C20H15S/c1-2-15-11-13-16(14-12-15)21-19-9-5-3-7-17(19)18-8-4-6-10-20(18)21/h2-14H,1H2/q+1. The first kappa shape index (κ1) is 12.4. The number of hydrogen-bond donors (Lipinski definition) is 0. The molecular weight excluding hydrogens is 272 g/mol. The number of benzene rings is 3. The van der Waals surface area contributed by atoms with Crippen LogP contribution in [-0.4, -0.2) is 0 Å². The van der Waals surface area contributed by atoms with Gasteiger partial charge in [-0.1, -0.05) is 36.9 Å². The fraction of sp³-hybridized carbons (Fsp3) is 0.